The van der Waals surface area contributed by atoms with Gasteiger partial charge in [-0.15, -0.1) is 34.0 Å². The highest BCUT2D eigenvalue weighted by molar-refractivity contribution is 7.27. The SMILES string of the molecule is c1ccc(N(c2ccccc2)c2cc(-c3ccc(-c4cc(N(c5ccccc5)c5cccc6c5sc5ccccc56)cc5c4sc4ccccc45)cc3)c3sc4ccccc4c3c2)cc1. The molecule has 0 spiro atoms. The molecule has 3 aromatic heterocycles. The quantitative estimate of drug-likeness (QED) is 0.150. The minimum absolute atomic E-state index is 1.12. The van der Waals surface area contributed by atoms with Crippen LogP contribution in [-0.4, -0.2) is 0 Å². The molecule has 0 atom stereocenters. The molecule has 10 aromatic carbocycles. The van der Waals surface area contributed by atoms with Crippen LogP contribution >= 0.6 is 34.0 Å². The van der Waals surface area contributed by atoms with Gasteiger partial charge < -0.3 is 9.80 Å². The van der Waals surface area contributed by atoms with Gasteiger partial charge in [-0.25, -0.2) is 0 Å². The first-order chi connectivity index (χ1) is 32.2. The van der Waals surface area contributed by atoms with Crippen LogP contribution in [-0.2, 0) is 0 Å². The maximum atomic E-state index is 2.47. The van der Waals surface area contributed by atoms with Crippen LogP contribution in [0.1, 0.15) is 0 Å². The molecule has 306 valence electrons. The summed E-state index contributed by atoms with van der Waals surface area (Å²) in [7, 11) is 0. The van der Waals surface area contributed by atoms with Crippen LogP contribution < -0.4 is 9.80 Å². The number of nitrogens with zero attached hydrogens (tertiary/aromatic N) is 2. The van der Waals surface area contributed by atoms with Crippen molar-refractivity contribution >= 4 is 129 Å². The predicted octanol–water partition coefficient (Wildman–Crippen LogP) is 19.1. The van der Waals surface area contributed by atoms with E-state index in [0.29, 0.717) is 0 Å². The van der Waals surface area contributed by atoms with Gasteiger partial charge in [-0.05, 0) is 96.1 Å². The Bertz CT molecular complexity index is 3850. The summed E-state index contributed by atoms with van der Waals surface area (Å²) in [4.78, 5) is 4.85. The number of thiophene rings is 3. The van der Waals surface area contributed by atoms with Crippen molar-refractivity contribution < 1.29 is 0 Å². The Morgan fingerprint density at radius 1 is 0.246 bits per heavy atom. The van der Waals surface area contributed by atoms with Gasteiger partial charge in [-0.3, -0.25) is 0 Å². The van der Waals surface area contributed by atoms with E-state index in [4.69, 9.17) is 0 Å². The lowest BCUT2D eigenvalue weighted by atomic mass is 9.96. The molecule has 3 heterocycles. The van der Waals surface area contributed by atoms with Crippen LogP contribution in [0.25, 0.3) is 82.8 Å². The highest BCUT2D eigenvalue weighted by Gasteiger charge is 2.23. The van der Waals surface area contributed by atoms with Gasteiger partial charge in [0.15, 0.2) is 0 Å². The molecule has 0 aliphatic heterocycles. The van der Waals surface area contributed by atoms with Crippen molar-refractivity contribution in [3.63, 3.8) is 0 Å². The van der Waals surface area contributed by atoms with Crippen molar-refractivity contribution in [1.29, 1.82) is 0 Å². The topological polar surface area (TPSA) is 6.48 Å². The van der Waals surface area contributed by atoms with E-state index >= 15 is 0 Å². The molecule has 0 amide bonds. The molecule has 0 aliphatic carbocycles. The van der Waals surface area contributed by atoms with Crippen molar-refractivity contribution in [3.05, 3.63) is 231 Å². The lowest BCUT2D eigenvalue weighted by Crippen LogP contribution is -2.10. The number of para-hydroxylation sites is 3. The van der Waals surface area contributed by atoms with E-state index < -0.39 is 0 Å². The van der Waals surface area contributed by atoms with Gasteiger partial charge in [0.1, 0.15) is 0 Å². The van der Waals surface area contributed by atoms with Crippen LogP contribution in [0.4, 0.5) is 34.1 Å². The third kappa shape index (κ3) is 6.42. The fraction of sp³-hybridized carbons (Fsp3) is 0. The molecule has 0 aliphatic rings. The summed E-state index contributed by atoms with van der Waals surface area (Å²) in [6.07, 6.45) is 0. The fourth-order valence-electron chi connectivity index (χ4n) is 9.65. The molecular weight excluding hydrogens is 845 g/mol. The van der Waals surface area contributed by atoms with E-state index in [-0.39, 0.29) is 0 Å². The standard InChI is InChI=1S/C60H38N2S3/c1-4-17-41(18-5-1)61(42-19-6-2-7-20-42)44-35-50(58-52(37-44)47-24-11-14-29-56(47)63-58)39-31-33-40(34-32-39)51-36-45(38-53-48-25-12-15-30-57(48)64-59(51)53)62(43-21-8-3-9-22-43)54-27-16-26-49-46-23-10-13-28-55(46)65-60(49)54/h1-38H. The van der Waals surface area contributed by atoms with Gasteiger partial charge in [0.25, 0.3) is 0 Å². The zero-order chi connectivity index (χ0) is 42.8. The molecule has 0 N–H and O–H groups in total. The molecule has 13 aromatic rings. The molecule has 65 heavy (non-hydrogen) atoms. The predicted molar refractivity (Wildman–Crippen MR) is 285 cm³/mol. The molecule has 0 fully saturated rings. The van der Waals surface area contributed by atoms with Crippen LogP contribution in [0.15, 0.2) is 231 Å². The number of anilines is 6. The van der Waals surface area contributed by atoms with Gasteiger partial charge in [-0.1, -0.05) is 146 Å². The smallest absolute Gasteiger partial charge is 0.0640 e. The number of hydrogen-bond donors (Lipinski definition) is 0. The Hall–Kier alpha value is -7.54. The highest BCUT2D eigenvalue weighted by Crippen LogP contribution is 2.50. The normalized spacial score (nSPS) is 11.7. The number of fused-ring (bicyclic) bond motifs is 9. The molecular formula is C60H38N2S3. The zero-order valence-electron chi connectivity index (χ0n) is 35.1. The third-order valence-electron chi connectivity index (χ3n) is 12.6. The zero-order valence-corrected chi connectivity index (χ0v) is 37.5. The van der Waals surface area contributed by atoms with Gasteiger partial charge >= 0.3 is 0 Å². The monoisotopic (exact) mass is 882 g/mol. The fourth-order valence-corrected chi connectivity index (χ4v) is 13.3. The molecule has 0 radical (unpaired) electrons. The van der Waals surface area contributed by atoms with Crippen LogP contribution in [0.5, 0.6) is 0 Å². The lowest BCUT2D eigenvalue weighted by Gasteiger charge is -2.27. The minimum Gasteiger partial charge on any atom is -0.310 e. The van der Waals surface area contributed by atoms with Crippen molar-refractivity contribution in [2.75, 3.05) is 9.80 Å². The molecule has 0 unspecified atom stereocenters. The Balaban J connectivity index is 1.01. The van der Waals surface area contributed by atoms with Gasteiger partial charge in [0.2, 0.25) is 0 Å². The van der Waals surface area contributed by atoms with E-state index in [2.05, 4.69) is 240 Å². The molecule has 5 heteroatoms. The summed E-state index contributed by atoms with van der Waals surface area (Å²) < 4.78 is 7.76. The van der Waals surface area contributed by atoms with Crippen LogP contribution in [0.3, 0.4) is 0 Å². The summed E-state index contributed by atoms with van der Waals surface area (Å²) in [6.45, 7) is 0. The van der Waals surface area contributed by atoms with Crippen LogP contribution in [0, 0.1) is 0 Å². The number of hydrogen-bond acceptors (Lipinski definition) is 5. The molecule has 0 saturated carbocycles. The maximum Gasteiger partial charge on any atom is 0.0640 e. The minimum atomic E-state index is 1.12. The summed E-state index contributed by atoms with van der Waals surface area (Å²) in [5.74, 6) is 0. The van der Waals surface area contributed by atoms with Gasteiger partial charge in [0.05, 0.1) is 10.4 Å². The molecule has 13 rings (SSSR count). The van der Waals surface area contributed by atoms with E-state index in [1.807, 2.05) is 34.0 Å². The lowest BCUT2D eigenvalue weighted by molar-refractivity contribution is 1.29. The molecule has 0 saturated heterocycles. The van der Waals surface area contributed by atoms with Gasteiger partial charge in [0, 0.05) is 95.4 Å². The first kappa shape index (κ1) is 38.0. The maximum absolute atomic E-state index is 2.47. The van der Waals surface area contributed by atoms with E-state index in [1.54, 1.807) is 0 Å². The second-order valence-electron chi connectivity index (χ2n) is 16.4. The van der Waals surface area contributed by atoms with Gasteiger partial charge in [-0.2, -0.15) is 0 Å². The Morgan fingerprint density at radius 2 is 0.615 bits per heavy atom. The summed E-state index contributed by atoms with van der Waals surface area (Å²) in [5.41, 5.74) is 11.7. The highest BCUT2D eigenvalue weighted by atomic mass is 32.1. The summed E-state index contributed by atoms with van der Waals surface area (Å²) in [5, 5.41) is 7.70. The largest absolute Gasteiger partial charge is 0.310 e. The summed E-state index contributed by atoms with van der Waals surface area (Å²) >= 11 is 5.64. The van der Waals surface area contributed by atoms with Crippen molar-refractivity contribution in [2.45, 2.75) is 0 Å². The van der Waals surface area contributed by atoms with Crippen molar-refractivity contribution in [3.8, 4) is 22.3 Å². The molecule has 0 bridgehead atoms. The van der Waals surface area contributed by atoms with E-state index in [1.165, 1.54) is 88.5 Å². The second-order valence-corrected chi connectivity index (χ2v) is 19.6. The first-order valence-electron chi connectivity index (χ1n) is 21.9. The van der Waals surface area contributed by atoms with E-state index in [0.717, 1.165) is 28.4 Å². The van der Waals surface area contributed by atoms with Crippen LogP contribution in [0.2, 0.25) is 0 Å². The van der Waals surface area contributed by atoms with Crippen molar-refractivity contribution in [1.82, 2.24) is 0 Å². The average molecular weight is 883 g/mol. The Morgan fingerprint density at radius 3 is 1.09 bits per heavy atom. The molecule has 2 nitrogen and oxygen atoms in total. The first-order valence-corrected chi connectivity index (χ1v) is 24.4. The Labute approximate surface area is 388 Å². The average Bonchev–Trinajstić information content (AvgIpc) is 4.07. The Kier molecular flexibility index (Phi) is 9.12. The van der Waals surface area contributed by atoms with E-state index in [9.17, 15) is 0 Å². The second kappa shape index (κ2) is 15.6. The van der Waals surface area contributed by atoms with Crippen molar-refractivity contribution in [2.24, 2.45) is 0 Å². The summed E-state index contributed by atoms with van der Waals surface area (Å²) in [6, 6.07) is 84.5. The number of benzene rings is 10. The number of rotatable bonds is 8. The third-order valence-corrected chi connectivity index (χ3v) is 16.3.